The lowest BCUT2D eigenvalue weighted by Gasteiger charge is -2.28. The molecule has 1 aromatic carbocycles. The molecule has 3 aromatic rings. The van der Waals surface area contributed by atoms with Gasteiger partial charge in [-0.2, -0.15) is 4.68 Å². The van der Waals surface area contributed by atoms with Crippen LogP contribution < -0.4 is 11.0 Å². The first-order valence-electron chi connectivity index (χ1n) is 9.13. The molecule has 144 valence electrons. The van der Waals surface area contributed by atoms with Gasteiger partial charge in [-0.3, -0.25) is 0 Å². The molecule has 0 saturated carbocycles. The summed E-state index contributed by atoms with van der Waals surface area (Å²) in [6, 6.07) is 13.3. The Labute approximate surface area is 168 Å². The molecule has 0 radical (unpaired) electrons. The summed E-state index contributed by atoms with van der Waals surface area (Å²) in [4.78, 5) is 14.2. The van der Waals surface area contributed by atoms with Crippen molar-refractivity contribution in [3.8, 4) is 0 Å². The van der Waals surface area contributed by atoms with Crippen molar-refractivity contribution in [3.05, 3.63) is 94.1 Å². The molecule has 1 atom stereocenters. The fourth-order valence-corrected chi connectivity index (χ4v) is 3.02. The maximum atomic E-state index is 12.2. The molecule has 0 bridgehead atoms. The van der Waals surface area contributed by atoms with Crippen LogP contribution in [0.1, 0.15) is 25.5 Å². The molecule has 0 saturated heterocycles. The van der Waals surface area contributed by atoms with Gasteiger partial charge in [-0.1, -0.05) is 49.4 Å². The van der Waals surface area contributed by atoms with Gasteiger partial charge in [0.05, 0.1) is 12.2 Å². The lowest BCUT2D eigenvalue weighted by atomic mass is 10.1. The summed E-state index contributed by atoms with van der Waals surface area (Å²) in [6.07, 6.45) is 8.79. The van der Waals surface area contributed by atoms with E-state index in [1.807, 2.05) is 61.5 Å². The second-order valence-electron chi connectivity index (χ2n) is 5.87. The van der Waals surface area contributed by atoms with Crippen LogP contribution in [0.25, 0.3) is 11.8 Å². The lowest BCUT2D eigenvalue weighted by molar-refractivity contribution is 0.399. The number of nitrogens with one attached hydrogen (secondary N) is 1. The van der Waals surface area contributed by atoms with E-state index in [2.05, 4.69) is 16.1 Å². The number of benzene rings is 1. The van der Waals surface area contributed by atoms with E-state index >= 15 is 0 Å². The SMILES string of the molecule is CC.O=c1n(C=C=CN2C=CNC(c3cccc(Cl)c3)C2)nc2ccccn12. The number of aromatic nitrogens is 3. The third-order valence-electron chi connectivity index (χ3n) is 4.10. The van der Waals surface area contributed by atoms with E-state index < -0.39 is 0 Å². The lowest BCUT2D eigenvalue weighted by Crippen LogP contribution is -2.31. The molecule has 4 rings (SSSR count). The molecule has 1 N–H and O–H groups in total. The van der Waals surface area contributed by atoms with E-state index in [0.29, 0.717) is 10.7 Å². The Kier molecular flexibility index (Phi) is 6.37. The van der Waals surface area contributed by atoms with Crippen molar-refractivity contribution < 1.29 is 0 Å². The standard InChI is InChI=1S/C19H16ClN5O.C2H6/c20-16-6-3-5-15(13-16)17-14-23(12-8-21-17)9-4-11-25-19(26)24-10-2-1-7-18(24)22-25;1-2/h1-3,5-13,17,21H,14H2;1-2H3. The van der Waals surface area contributed by atoms with E-state index in [4.69, 9.17) is 11.6 Å². The molecular weight excluding hydrogens is 374 g/mol. The van der Waals surface area contributed by atoms with Crippen molar-refractivity contribution in [1.29, 1.82) is 0 Å². The Bertz CT molecular complexity index is 1090. The van der Waals surface area contributed by atoms with E-state index in [1.54, 1.807) is 24.5 Å². The van der Waals surface area contributed by atoms with Crippen molar-refractivity contribution in [2.45, 2.75) is 19.9 Å². The van der Waals surface area contributed by atoms with Gasteiger partial charge in [0.2, 0.25) is 0 Å². The molecule has 2 aromatic heterocycles. The molecule has 7 heteroatoms. The van der Waals surface area contributed by atoms with Crippen LogP contribution >= 0.6 is 11.6 Å². The van der Waals surface area contributed by atoms with Crippen LogP contribution in [-0.2, 0) is 0 Å². The number of fused-ring (bicyclic) bond motifs is 1. The Morgan fingerprint density at radius 3 is 2.86 bits per heavy atom. The highest BCUT2D eigenvalue weighted by Crippen LogP contribution is 2.21. The molecule has 1 unspecified atom stereocenters. The number of hydrogen-bond donors (Lipinski definition) is 1. The predicted octanol–water partition coefficient (Wildman–Crippen LogP) is 3.88. The van der Waals surface area contributed by atoms with Gasteiger partial charge >= 0.3 is 5.69 Å². The summed E-state index contributed by atoms with van der Waals surface area (Å²) in [5.74, 6) is 0. The Morgan fingerprint density at radius 1 is 1.21 bits per heavy atom. The number of halogens is 1. The van der Waals surface area contributed by atoms with Gasteiger partial charge in [0, 0.05) is 36.4 Å². The average molecular weight is 396 g/mol. The summed E-state index contributed by atoms with van der Waals surface area (Å²) < 4.78 is 2.75. The van der Waals surface area contributed by atoms with Crippen molar-refractivity contribution in [2.75, 3.05) is 6.54 Å². The number of rotatable bonds is 3. The third-order valence-corrected chi connectivity index (χ3v) is 4.33. The molecule has 0 amide bonds. The Balaban J connectivity index is 0.00000109. The Hall–Kier alpha value is -3.21. The molecule has 3 heterocycles. The first-order chi connectivity index (χ1) is 13.7. The summed E-state index contributed by atoms with van der Waals surface area (Å²) in [5.41, 5.74) is 4.49. The van der Waals surface area contributed by atoms with Crippen LogP contribution in [0.3, 0.4) is 0 Å². The zero-order valence-corrected chi connectivity index (χ0v) is 16.5. The highest BCUT2D eigenvalue weighted by atomic mass is 35.5. The van der Waals surface area contributed by atoms with Crippen LogP contribution in [-0.4, -0.2) is 25.6 Å². The zero-order chi connectivity index (χ0) is 19.9. The van der Waals surface area contributed by atoms with Gasteiger partial charge in [-0.25, -0.2) is 9.20 Å². The maximum Gasteiger partial charge on any atom is 0.355 e. The van der Waals surface area contributed by atoms with Gasteiger partial charge in [-0.05, 0) is 29.8 Å². The monoisotopic (exact) mass is 395 g/mol. The van der Waals surface area contributed by atoms with Crippen molar-refractivity contribution in [1.82, 2.24) is 24.4 Å². The highest BCUT2D eigenvalue weighted by Gasteiger charge is 2.15. The fourth-order valence-electron chi connectivity index (χ4n) is 2.82. The molecule has 1 aliphatic rings. The first kappa shape index (κ1) is 19.5. The molecule has 28 heavy (non-hydrogen) atoms. The van der Waals surface area contributed by atoms with Crippen LogP contribution in [0, 0.1) is 0 Å². The largest absolute Gasteiger partial charge is 0.381 e. The van der Waals surface area contributed by atoms with Gasteiger partial charge in [-0.15, -0.1) is 5.10 Å². The van der Waals surface area contributed by atoms with Gasteiger partial charge < -0.3 is 10.2 Å². The van der Waals surface area contributed by atoms with Gasteiger partial charge in [0.15, 0.2) is 5.65 Å². The summed E-state index contributed by atoms with van der Waals surface area (Å²) in [7, 11) is 0. The minimum atomic E-state index is -0.228. The quantitative estimate of drug-likeness (QED) is 0.684. The van der Waals surface area contributed by atoms with Crippen LogP contribution in [0.4, 0.5) is 0 Å². The van der Waals surface area contributed by atoms with Crippen LogP contribution in [0.2, 0.25) is 5.02 Å². The van der Waals surface area contributed by atoms with Crippen molar-refractivity contribution in [2.24, 2.45) is 0 Å². The fraction of sp³-hybridized carbons (Fsp3) is 0.190. The molecule has 0 aliphatic carbocycles. The van der Waals surface area contributed by atoms with Gasteiger partial charge in [0.25, 0.3) is 0 Å². The van der Waals surface area contributed by atoms with Crippen molar-refractivity contribution in [3.63, 3.8) is 0 Å². The van der Waals surface area contributed by atoms with Crippen LogP contribution in [0.5, 0.6) is 0 Å². The average Bonchev–Trinajstić information content (AvgIpc) is 3.06. The third kappa shape index (κ3) is 4.36. The Morgan fingerprint density at radius 2 is 2.07 bits per heavy atom. The van der Waals surface area contributed by atoms with E-state index in [1.165, 1.54) is 15.3 Å². The smallest absolute Gasteiger partial charge is 0.355 e. The molecule has 0 fully saturated rings. The molecular formula is C21H22ClN5O. The number of nitrogens with zero attached hydrogens (tertiary/aromatic N) is 4. The maximum absolute atomic E-state index is 12.2. The minimum absolute atomic E-state index is 0.120. The number of hydrogen-bond acceptors (Lipinski definition) is 4. The minimum Gasteiger partial charge on any atom is -0.381 e. The molecule has 0 spiro atoms. The highest BCUT2D eigenvalue weighted by molar-refractivity contribution is 6.30. The summed E-state index contributed by atoms with van der Waals surface area (Å²) >= 11 is 6.07. The predicted molar refractivity (Wildman–Crippen MR) is 113 cm³/mol. The second kappa shape index (κ2) is 9.13. The first-order valence-corrected chi connectivity index (χ1v) is 9.51. The zero-order valence-electron chi connectivity index (χ0n) is 15.8. The topological polar surface area (TPSA) is 54.6 Å². The van der Waals surface area contributed by atoms with Gasteiger partial charge in [0.1, 0.15) is 0 Å². The molecule has 6 nitrogen and oxygen atoms in total. The normalized spacial score (nSPS) is 15.2. The molecule has 1 aliphatic heterocycles. The number of pyridine rings is 1. The van der Waals surface area contributed by atoms with Crippen molar-refractivity contribution >= 4 is 23.4 Å². The van der Waals surface area contributed by atoms with Crippen LogP contribution in [0.15, 0.2) is 77.8 Å². The summed E-state index contributed by atoms with van der Waals surface area (Å²) in [6.45, 7) is 4.72. The second-order valence-corrected chi connectivity index (χ2v) is 6.30. The van der Waals surface area contributed by atoms with E-state index in [0.717, 1.165) is 12.1 Å². The van der Waals surface area contributed by atoms with E-state index in [9.17, 15) is 4.79 Å². The summed E-state index contributed by atoms with van der Waals surface area (Å²) in [5, 5.41) is 8.27. The van der Waals surface area contributed by atoms with E-state index in [-0.39, 0.29) is 11.7 Å².